The Hall–Kier alpha value is -3.19. The topological polar surface area (TPSA) is 64.6 Å². The lowest BCUT2D eigenvalue weighted by atomic mass is 10.0. The molecule has 0 bridgehead atoms. The number of thiophene rings is 1. The highest BCUT2D eigenvalue weighted by Crippen LogP contribution is 2.42. The predicted octanol–water partition coefficient (Wildman–Crippen LogP) is 4.26. The molecule has 2 aromatic carbocycles. The molecule has 1 atom stereocenters. The molecule has 4 rings (SSSR count). The molecule has 7 heteroatoms. The Kier molecular flexibility index (Phi) is 5.81. The maximum Gasteiger partial charge on any atom is 0.258 e. The van der Waals surface area contributed by atoms with Crippen molar-refractivity contribution >= 4 is 23.0 Å². The van der Waals surface area contributed by atoms with Crippen molar-refractivity contribution in [2.45, 2.75) is 19.4 Å². The van der Waals surface area contributed by atoms with Gasteiger partial charge < -0.3 is 14.8 Å². The van der Waals surface area contributed by atoms with Gasteiger partial charge in [0, 0.05) is 22.4 Å². The molecule has 30 heavy (non-hydrogen) atoms. The molecule has 0 aliphatic carbocycles. The van der Waals surface area contributed by atoms with E-state index in [2.05, 4.69) is 5.32 Å². The van der Waals surface area contributed by atoms with Gasteiger partial charge in [0.05, 0.1) is 11.4 Å². The monoisotopic (exact) mass is 425 g/mol. The number of carbonyl (C=O) groups is 2. The highest BCUT2D eigenvalue weighted by atomic mass is 32.1. The van der Waals surface area contributed by atoms with Gasteiger partial charge in [-0.25, -0.2) is 4.39 Å². The van der Waals surface area contributed by atoms with Crippen LogP contribution in [0, 0.1) is 5.82 Å². The first-order chi connectivity index (χ1) is 14.5. The van der Waals surface area contributed by atoms with E-state index in [4.69, 9.17) is 9.47 Å². The van der Waals surface area contributed by atoms with Crippen LogP contribution in [0.25, 0.3) is 10.4 Å². The van der Waals surface area contributed by atoms with Crippen molar-refractivity contribution in [3.05, 3.63) is 70.9 Å². The zero-order valence-corrected chi connectivity index (χ0v) is 17.1. The van der Waals surface area contributed by atoms with Crippen LogP contribution in [0.5, 0.6) is 11.5 Å². The van der Waals surface area contributed by atoms with Crippen molar-refractivity contribution in [1.29, 1.82) is 0 Å². The van der Waals surface area contributed by atoms with Crippen LogP contribution in [0.3, 0.4) is 0 Å². The van der Waals surface area contributed by atoms with E-state index < -0.39 is 0 Å². The molecule has 0 saturated heterocycles. The first kappa shape index (κ1) is 20.1. The number of ketones is 1. The Morgan fingerprint density at radius 2 is 2.00 bits per heavy atom. The number of carbonyl (C=O) groups excluding carboxylic acids is 2. The van der Waals surface area contributed by atoms with E-state index in [0.717, 1.165) is 10.4 Å². The normalized spacial score (nSPS) is 14.7. The van der Waals surface area contributed by atoms with E-state index in [1.54, 1.807) is 24.3 Å². The minimum absolute atomic E-state index is 0.0291. The highest BCUT2D eigenvalue weighted by molar-refractivity contribution is 7.17. The lowest BCUT2D eigenvalue weighted by molar-refractivity contribution is -0.123. The van der Waals surface area contributed by atoms with Gasteiger partial charge in [-0.1, -0.05) is 18.2 Å². The van der Waals surface area contributed by atoms with Crippen LogP contribution in [-0.2, 0) is 11.2 Å². The van der Waals surface area contributed by atoms with Crippen molar-refractivity contribution in [2.24, 2.45) is 0 Å². The number of benzene rings is 2. The largest absolute Gasteiger partial charge is 0.487 e. The predicted molar refractivity (Wildman–Crippen MR) is 113 cm³/mol. The van der Waals surface area contributed by atoms with E-state index in [-0.39, 0.29) is 36.8 Å². The van der Waals surface area contributed by atoms with Gasteiger partial charge in [0.1, 0.15) is 23.4 Å². The number of fused-ring (bicyclic) bond motifs is 1. The second kappa shape index (κ2) is 8.67. The van der Waals surface area contributed by atoms with Crippen molar-refractivity contribution in [3.63, 3.8) is 0 Å². The van der Waals surface area contributed by atoms with Gasteiger partial charge >= 0.3 is 0 Å². The summed E-state index contributed by atoms with van der Waals surface area (Å²) in [4.78, 5) is 25.1. The molecule has 0 radical (unpaired) electrons. The molecule has 3 aromatic rings. The van der Waals surface area contributed by atoms with Crippen molar-refractivity contribution in [1.82, 2.24) is 5.32 Å². The molecule has 0 spiro atoms. The lowest BCUT2D eigenvalue weighted by Gasteiger charge is -2.13. The Morgan fingerprint density at radius 3 is 2.73 bits per heavy atom. The second-order valence-corrected chi connectivity index (χ2v) is 8.10. The number of para-hydroxylation sites is 1. The minimum atomic E-state index is -0.355. The third kappa shape index (κ3) is 4.52. The van der Waals surface area contributed by atoms with Gasteiger partial charge in [-0.2, -0.15) is 0 Å². The summed E-state index contributed by atoms with van der Waals surface area (Å²) in [5.41, 5.74) is 1.38. The summed E-state index contributed by atoms with van der Waals surface area (Å²) < 4.78 is 25.6. The van der Waals surface area contributed by atoms with Crippen LogP contribution in [-0.4, -0.2) is 30.9 Å². The molecular formula is C23H20FNO4S. The summed E-state index contributed by atoms with van der Waals surface area (Å²) in [6.07, 6.45) is 0.193. The van der Waals surface area contributed by atoms with E-state index in [1.807, 2.05) is 18.2 Å². The first-order valence-electron chi connectivity index (χ1n) is 9.54. The molecule has 0 fully saturated rings. The zero-order chi connectivity index (χ0) is 21.1. The minimum Gasteiger partial charge on any atom is -0.487 e. The van der Waals surface area contributed by atoms with E-state index in [0.29, 0.717) is 28.4 Å². The number of nitrogens with one attached hydrogen (secondary N) is 1. The molecule has 1 aromatic heterocycles. The van der Waals surface area contributed by atoms with Gasteiger partial charge in [0.15, 0.2) is 12.4 Å². The summed E-state index contributed by atoms with van der Waals surface area (Å²) in [6, 6.07) is 15.5. The van der Waals surface area contributed by atoms with Gasteiger partial charge in [0.2, 0.25) is 0 Å². The molecule has 2 heterocycles. The Bertz CT molecular complexity index is 1080. The van der Waals surface area contributed by atoms with Gasteiger partial charge in [-0.3, -0.25) is 9.59 Å². The lowest BCUT2D eigenvalue weighted by Crippen LogP contribution is -2.37. The van der Waals surface area contributed by atoms with Crippen molar-refractivity contribution in [2.75, 3.05) is 13.2 Å². The Morgan fingerprint density at radius 1 is 1.20 bits per heavy atom. The fraction of sp³-hybridized carbons (Fsp3) is 0.217. The average molecular weight is 425 g/mol. The number of halogens is 1. The molecule has 1 aliphatic rings. The standard InChI is InChI=1S/C23H20FNO4S/c1-14(26)20-7-8-21(30-20)19-11-16(24)9-15-10-18(29-23(15)19)12-25-22(27)13-28-17-5-3-2-4-6-17/h2-9,11,18H,10,12-13H2,1H3,(H,25,27). The number of rotatable bonds is 7. The number of Topliss-reactive ketones (excluding diaryl/α,β-unsaturated/α-hetero) is 1. The van der Waals surface area contributed by atoms with Crippen molar-refractivity contribution < 1.29 is 23.5 Å². The maximum atomic E-state index is 14.2. The number of hydrogen-bond donors (Lipinski definition) is 1. The molecule has 5 nitrogen and oxygen atoms in total. The fourth-order valence-electron chi connectivity index (χ4n) is 3.31. The highest BCUT2D eigenvalue weighted by Gasteiger charge is 2.28. The molecule has 1 N–H and O–H groups in total. The van der Waals surface area contributed by atoms with Crippen molar-refractivity contribution in [3.8, 4) is 21.9 Å². The van der Waals surface area contributed by atoms with E-state index in [1.165, 1.54) is 30.4 Å². The third-order valence-corrected chi connectivity index (χ3v) is 5.94. The van der Waals surface area contributed by atoms with E-state index in [9.17, 15) is 14.0 Å². The summed E-state index contributed by atoms with van der Waals surface area (Å²) in [6.45, 7) is 1.70. The molecule has 1 amide bonds. The maximum absolute atomic E-state index is 14.2. The number of ether oxygens (including phenoxy) is 2. The van der Waals surface area contributed by atoms with Crippen LogP contribution < -0.4 is 14.8 Å². The first-order valence-corrected chi connectivity index (χ1v) is 10.4. The van der Waals surface area contributed by atoms with Gasteiger partial charge in [0.25, 0.3) is 5.91 Å². The Balaban J connectivity index is 1.39. The van der Waals surface area contributed by atoms with E-state index >= 15 is 0 Å². The molecule has 0 saturated carbocycles. The van der Waals surface area contributed by atoms with Crippen LogP contribution in [0.2, 0.25) is 0 Å². The van der Waals surface area contributed by atoms with Crippen LogP contribution >= 0.6 is 11.3 Å². The molecular weight excluding hydrogens is 405 g/mol. The van der Waals surface area contributed by atoms with Crippen LogP contribution in [0.15, 0.2) is 54.6 Å². The molecule has 1 aliphatic heterocycles. The molecule has 154 valence electrons. The summed E-state index contributed by atoms with van der Waals surface area (Å²) in [7, 11) is 0. The number of amides is 1. The average Bonchev–Trinajstić information content (AvgIpc) is 3.38. The molecule has 1 unspecified atom stereocenters. The fourth-order valence-corrected chi connectivity index (χ4v) is 4.22. The summed E-state index contributed by atoms with van der Waals surface area (Å²) >= 11 is 1.31. The summed E-state index contributed by atoms with van der Waals surface area (Å²) in [5.74, 6) is 0.588. The van der Waals surface area contributed by atoms with Gasteiger partial charge in [-0.15, -0.1) is 11.3 Å². The summed E-state index contributed by atoms with van der Waals surface area (Å²) in [5, 5.41) is 2.80. The second-order valence-electron chi connectivity index (χ2n) is 7.01. The Labute approximate surface area is 177 Å². The quantitative estimate of drug-likeness (QED) is 0.575. The smallest absolute Gasteiger partial charge is 0.258 e. The SMILES string of the molecule is CC(=O)c1ccc(-c2cc(F)cc3c2OC(CNC(=O)COc2ccccc2)C3)s1. The van der Waals surface area contributed by atoms with Gasteiger partial charge in [-0.05, 0) is 43.3 Å². The third-order valence-electron chi connectivity index (χ3n) is 4.72. The number of hydrogen-bond acceptors (Lipinski definition) is 5. The van der Waals surface area contributed by atoms with Crippen LogP contribution in [0.1, 0.15) is 22.2 Å². The zero-order valence-electron chi connectivity index (χ0n) is 16.3. The van der Waals surface area contributed by atoms with Crippen LogP contribution in [0.4, 0.5) is 4.39 Å².